The van der Waals surface area contributed by atoms with E-state index in [1.165, 1.54) is 0 Å². The van der Waals surface area contributed by atoms with Gasteiger partial charge in [0, 0.05) is 25.5 Å². The molecule has 31 heavy (non-hydrogen) atoms. The molecule has 0 aliphatic heterocycles. The predicted octanol–water partition coefficient (Wildman–Crippen LogP) is 3.80. The van der Waals surface area contributed by atoms with Gasteiger partial charge in [-0.15, -0.1) is 0 Å². The van der Waals surface area contributed by atoms with Crippen LogP contribution in [-0.4, -0.2) is 32.2 Å². The summed E-state index contributed by atoms with van der Waals surface area (Å²) in [6.45, 7) is 6.26. The van der Waals surface area contributed by atoms with Crippen LogP contribution in [0.5, 0.6) is 11.5 Å². The second kappa shape index (κ2) is 8.72. The molecular weight excluding hydrogens is 414 g/mol. The molecule has 0 radical (unpaired) electrons. The van der Waals surface area contributed by atoms with Gasteiger partial charge in [-0.05, 0) is 40.8 Å². The lowest BCUT2D eigenvalue weighted by molar-refractivity contribution is 0.392. The summed E-state index contributed by atoms with van der Waals surface area (Å²) < 4.78 is 41.9. The molecule has 0 unspecified atom stereocenters. The highest BCUT2D eigenvalue weighted by atomic mass is 32.2. The average Bonchev–Trinajstić information content (AvgIpc) is 3.16. The standard InChI is InChI=1S/C23H29N3O4S/c1-23(2,3)17-7-9-20(10-8-17)31(27,28)25-21(22-24-11-12-26(22)4)16-13-18(29-5)15-19(14-16)30-6/h7-15,21,25H,1-6H3/t21-/m0/s1. The van der Waals surface area contributed by atoms with Crippen molar-refractivity contribution in [2.75, 3.05) is 14.2 Å². The van der Waals surface area contributed by atoms with Crippen LogP contribution >= 0.6 is 0 Å². The van der Waals surface area contributed by atoms with E-state index in [0.29, 0.717) is 22.9 Å². The molecule has 3 aromatic rings. The Hall–Kier alpha value is -2.84. The Morgan fingerprint density at radius 1 is 1.00 bits per heavy atom. The molecular formula is C23H29N3O4S. The van der Waals surface area contributed by atoms with Gasteiger partial charge in [0.05, 0.1) is 19.1 Å². The summed E-state index contributed by atoms with van der Waals surface area (Å²) in [7, 11) is 1.08. The summed E-state index contributed by atoms with van der Waals surface area (Å²) in [5, 5.41) is 0. The van der Waals surface area contributed by atoms with Gasteiger partial charge in [0.2, 0.25) is 10.0 Å². The third-order valence-corrected chi connectivity index (χ3v) is 6.57. The van der Waals surface area contributed by atoms with Gasteiger partial charge in [-0.3, -0.25) is 0 Å². The maximum atomic E-state index is 13.3. The fourth-order valence-corrected chi connectivity index (χ4v) is 4.46. The molecule has 0 aliphatic carbocycles. The molecule has 0 bridgehead atoms. The number of hydrogen-bond acceptors (Lipinski definition) is 5. The predicted molar refractivity (Wildman–Crippen MR) is 120 cm³/mol. The monoisotopic (exact) mass is 443 g/mol. The molecule has 0 spiro atoms. The normalized spacial score (nSPS) is 13.1. The molecule has 7 nitrogen and oxygen atoms in total. The van der Waals surface area contributed by atoms with Gasteiger partial charge in [0.25, 0.3) is 0 Å². The highest BCUT2D eigenvalue weighted by Gasteiger charge is 2.27. The smallest absolute Gasteiger partial charge is 0.241 e. The molecule has 1 atom stereocenters. The van der Waals surface area contributed by atoms with Crippen molar-refractivity contribution < 1.29 is 17.9 Å². The molecule has 3 rings (SSSR count). The van der Waals surface area contributed by atoms with Crippen molar-refractivity contribution in [1.82, 2.24) is 14.3 Å². The number of aryl methyl sites for hydroxylation is 1. The molecule has 2 aromatic carbocycles. The van der Waals surface area contributed by atoms with Gasteiger partial charge in [-0.25, -0.2) is 13.4 Å². The quantitative estimate of drug-likeness (QED) is 0.601. The molecule has 0 fully saturated rings. The summed E-state index contributed by atoms with van der Waals surface area (Å²) >= 11 is 0. The summed E-state index contributed by atoms with van der Waals surface area (Å²) in [6, 6.07) is 11.5. The summed E-state index contributed by atoms with van der Waals surface area (Å²) in [5.74, 6) is 1.66. The summed E-state index contributed by atoms with van der Waals surface area (Å²) in [5.41, 5.74) is 1.65. The van der Waals surface area contributed by atoms with Crippen LogP contribution < -0.4 is 14.2 Å². The van der Waals surface area contributed by atoms with Crippen molar-refractivity contribution in [1.29, 1.82) is 0 Å². The zero-order chi connectivity index (χ0) is 22.8. The number of hydrogen-bond donors (Lipinski definition) is 1. The fourth-order valence-electron chi connectivity index (χ4n) is 3.28. The molecule has 1 heterocycles. The SMILES string of the molecule is COc1cc(OC)cc([C@H](NS(=O)(=O)c2ccc(C(C)(C)C)cc2)c2nccn2C)c1. The largest absolute Gasteiger partial charge is 0.497 e. The Morgan fingerprint density at radius 3 is 2.03 bits per heavy atom. The molecule has 0 saturated heterocycles. The number of methoxy groups -OCH3 is 2. The lowest BCUT2D eigenvalue weighted by Gasteiger charge is -2.22. The number of ether oxygens (including phenoxy) is 2. The van der Waals surface area contributed by atoms with Crippen LogP contribution in [0.15, 0.2) is 59.8 Å². The first kappa shape index (κ1) is 22.8. The number of benzene rings is 2. The molecule has 0 amide bonds. The van der Waals surface area contributed by atoms with Crippen LogP contribution in [0.25, 0.3) is 0 Å². The Bertz CT molecular complexity index is 1120. The van der Waals surface area contributed by atoms with E-state index in [9.17, 15) is 8.42 Å². The molecule has 1 N–H and O–H groups in total. The lowest BCUT2D eigenvalue weighted by atomic mass is 9.87. The van der Waals surface area contributed by atoms with E-state index in [4.69, 9.17) is 9.47 Å². The third kappa shape index (κ3) is 5.08. The highest BCUT2D eigenvalue weighted by molar-refractivity contribution is 7.89. The molecule has 166 valence electrons. The highest BCUT2D eigenvalue weighted by Crippen LogP contribution is 2.31. The fraction of sp³-hybridized carbons (Fsp3) is 0.348. The Labute approximate surface area is 184 Å². The minimum Gasteiger partial charge on any atom is -0.497 e. The number of nitrogens with one attached hydrogen (secondary N) is 1. The number of nitrogens with zero attached hydrogens (tertiary/aromatic N) is 2. The van der Waals surface area contributed by atoms with Gasteiger partial charge in [0.1, 0.15) is 23.4 Å². The van der Waals surface area contributed by atoms with E-state index in [1.807, 2.05) is 19.2 Å². The van der Waals surface area contributed by atoms with E-state index < -0.39 is 16.1 Å². The van der Waals surface area contributed by atoms with E-state index in [1.54, 1.807) is 61.5 Å². The maximum Gasteiger partial charge on any atom is 0.241 e. The summed E-state index contributed by atoms with van der Waals surface area (Å²) in [4.78, 5) is 4.57. The second-order valence-corrected chi connectivity index (χ2v) is 10.1. The van der Waals surface area contributed by atoms with E-state index >= 15 is 0 Å². The van der Waals surface area contributed by atoms with Crippen molar-refractivity contribution in [2.24, 2.45) is 7.05 Å². The minimum atomic E-state index is -3.84. The topological polar surface area (TPSA) is 82.4 Å². The first-order valence-electron chi connectivity index (χ1n) is 9.88. The van der Waals surface area contributed by atoms with Gasteiger partial charge in [-0.2, -0.15) is 4.72 Å². The van der Waals surface area contributed by atoms with Gasteiger partial charge in [0.15, 0.2) is 0 Å². The van der Waals surface area contributed by atoms with Crippen LogP contribution in [0.2, 0.25) is 0 Å². The number of sulfonamides is 1. The molecule has 0 saturated carbocycles. The van der Waals surface area contributed by atoms with E-state index in [-0.39, 0.29) is 10.3 Å². The van der Waals surface area contributed by atoms with Gasteiger partial charge >= 0.3 is 0 Å². The average molecular weight is 444 g/mol. The lowest BCUT2D eigenvalue weighted by Crippen LogP contribution is -2.31. The number of rotatable bonds is 7. The van der Waals surface area contributed by atoms with Gasteiger partial charge < -0.3 is 14.0 Å². The van der Waals surface area contributed by atoms with E-state index in [0.717, 1.165) is 5.56 Å². The zero-order valence-electron chi connectivity index (χ0n) is 18.7. The van der Waals surface area contributed by atoms with Crippen molar-refractivity contribution >= 4 is 10.0 Å². The van der Waals surface area contributed by atoms with Crippen LogP contribution in [0.4, 0.5) is 0 Å². The number of aromatic nitrogens is 2. The van der Waals surface area contributed by atoms with Gasteiger partial charge in [-0.1, -0.05) is 32.9 Å². The molecule has 8 heteroatoms. The van der Waals surface area contributed by atoms with Crippen LogP contribution in [-0.2, 0) is 22.5 Å². The van der Waals surface area contributed by atoms with Crippen LogP contribution in [0, 0.1) is 0 Å². The third-order valence-electron chi connectivity index (χ3n) is 5.13. The van der Waals surface area contributed by atoms with Crippen LogP contribution in [0.1, 0.15) is 43.8 Å². The van der Waals surface area contributed by atoms with Crippen molar-refractivity contribution in [2.45, 2.75) is 37.1 Å². The zero-order valence-corrected chi connectivity index (χ0v) is 19.5. The van der Waals surface area contributed by atoms with Crippen molar-refractivity contribution in [3.63, 3.8) is 0 Å². The Kier molecular flexibility index (Phi) is 6.43. The second-order valence-electron chi connectivity index (χ2n) is 8.37. The van der Waals surface area contributed by atoms with E-state index in [2.05, 4.69) is 30.5 Å². The molecule has 0 aliphatic rings. The maximum absolute atomic E-state index is 13.3. The number of imidazole rings is 1. The Morgan fingerprint density at radius 2 is 1.58 bits per heavy atom. The summed E-state index contributed by atoms with van der Waals surface area (Å²) in [6.07, 6.45) is 3.40. The first-order chi connectivity index (χ1) is 14.5. The van der Waals surface area contributed by atoms with Crippen molar-refractivity contribution in [3.8, 4) is 11.5 Å². The Balaban J connectivity index is 2.05. The first-order valence-corrected chi connectivity index (χ1v) is 11.4. The van der Waals surface area contributed by atoms with Crippen molar-refractivity contribution in [3.05, 3.63) is 71.8 Å². The van der Waals surface area contributed by atoms with Crippen LogP contribution in [0.3, 0.4) is 0 Å². The minimum absolute atomic E-state index is 0.0671. The molecule has 1 aromatic heterocycles.